The summed E-state index contributed by atoms with van der Waals surface area (Å²) in [5.74, 6) is 0.407. The van der Waals surface area contributed by atoms with Crippen molar-refractivity contribution < 1.29 is 14.6 Å². The van der Waals surface area contributed by atoms with Gasteiger partial charge in [0.2, 0.25) is 0 Å². The van der Waals surface area contributed by atoms with Gasteiger partial charge in [0.05, 0.1) is 11.8 Å². The third kappa shape index (κ3) is 3.96. The van der Waals surface area contributed by atoms with Crippen molar-refractivity contribution in [2.45, 2.75) is 13.0 Å². The van der Waals surface area contributed by atoms with Crippen molar-refractivity contribution in [3.8, 4) is 5.75 Å². The number of benzene rings is 1. The molecule has 0 aliphatic rings. The number of aliphatic hydroxyl groups excluding tert-OH is 1. The first-order valence-corrected chi connectivity index (χ1v) is 5.03. The molecule has 0 fully saturated rings. The topological polar surface area (TPSA) is 84.6 Å². The predicted molar refractivity (Wildman–Crippen MR) is 61.8 cm³/mol. The number of nitrogens with one attached hydrogen (secondary N) is 1. The van der Waals surface area contributed by atoms with Crippen molar-refractivity contribution in [2.24, 2.45) is 5.73 Å². The molecule has 1 aromatic carbocycles. The Morgan fingerprint density at radius 1 is 1.69 bits per heavy atom. The average molecular weight is 245 g/mol. The van der Waals surface area contributed by atoms with Gasteiger partial charge < -0.3 is 20.9 Å². The van der Waals surface area contributed by atoms with Gasteiger partial charge in [0.25, 0.3) is 0 Å². The molecule has 0 aliphatic heterocycles. The number of nitrogens with two attached hydrogens (primary N) is 1. The number of anilines is 1. The van der Waals surface area contributed by atoms with Crippen LogP contribution in [0.3, 0.4) is 0 Å². The number of primary amides is 1. The fraction of sp³-hybridized carbons (Fsp3) is 0.300. The Morgan fingerprint density at radius 2 is 2.38 bits per heavy atom. The van der Waals surface area contributed by atoms with Gasteiger partial charge in [-0.05, 0) is 25.1 Å². The molecular formula is C10H13ClN2O3. The normalized spacial score (nSPS) is 11.9. The number of carbonyl (C=O) groups is 1. The molecule has 88 valence electrons. The molecule has 1 rings (SSSR count). The molecule has 16 heavy (non-hydrogen) atoms. The molecule has 0 unspecified atom stereocenters. The lowest BCUT2D eigenvalue weighted by molar-refractivity contribution is 0.123. The van der Waals surface area contributed by atoms with Crippen molar-refractivity contribution in [2.75, 3.05) is 11.9 Å². The molecule has 1 aromatic rings. The lowest BCUT2D eigenvalue weighted by Gasteiger charge is -2.12. The molecular weight excluding hydrogens is 232 g/mol. The SMILES string of the molecule is C[C@H](O)COc1ccc(Cl)cc1NC(N)=O. The van der Waals surface area contributed by atoms with Crippen molar-refractivity contribution >= 4 is 23.3 Å². The van der Waals surface area contributed by atoms with Gasteiger partial charge in [-0.25, -0.2) is 4.79 Å². The number of hydrogen-bond donors (Lipinski definition) is 3. The third-order valence-electron chi connectivity index (χ3n) is 1.68. The van der Waals surface area contributed by atoms with Gasteiger partial charge in [0.1, 0.15) is 12.4 Å². The minimum Gasteiger partial charge on any atom is -0.489 e. The molecule has 0 radical (unpaired) electrons. The van der Waals surface area contributed by atoms with Crippen molar-refractivity contribution in [1.29, 1.82) is 0 Å². The molecule has 0 aliphatic carbocycles. The molecule has 0 spiro atoms. The maximum atomic E-state index is 10.7. The second kappa shape index (κ2) is 5.58. The van der Waals surface area contributed by atoms with Gasteiger partial charge in [-0.15, -0.1) is 0 Å². The molecule has 0 heterocycles. The Morgan fingerprint density at radius 3 is 2.94 bits per heavy atom. The van der Waals surface area contributed by atoms with Crippen LogP contribution in [0.5, 0.6) is 5.75 Å². The lowest BCUT2D eigenvalue weighted by Crippen LogP contribution is -2.20. The first-order chi connectivity index (χ1) is 7.49. The van der Waals surface area contributed by atoms with E-state index in [4.69, 9.17) is 27.2 Å². The van der Waals surface area contributed by atoms with Gasteiger partial charge in [0.15, 0.2) is 0 Å². The second-order valence-electron chi connectivity index (χ2n) is 3.29. The van der Waals surface area contributed by atoms with Gasteiger partial charge in [0, 0.05) is 5.02 Å². The van der Waals surface area contributed by atoms with Crippen molar-refractivity contribution in [1.82, 2.24) is 0 Å². The fourth-order valence-corrected chi connectivity index (χ4v) is 1.24. The average Bonchev–Trinajstić information content (AvgIpc) is 2.15. The highest BCUT2D eigenvalue weighted by Gasteiger charge is 2.07. The molecule has 4 N–H and O–H groups in total. The van der Waals surface area contributed by atoms with E-state index in [-0.39, 0.29) is 6.61 Å². The number of urea groups is 1. The van der Waals surface area contributed by atoms with Gasteiger partial charge >= 0.3 is 6.03 Å². The summed E-state index contributed by atoms with van der Waals surface area (Å²) in [6, 6.07) is 4.02. The minimum atomic E-state index is -0.704. The zero-order valence-corrected chi connectivity index (χ0v) is 9.49. The summed E-state index contributed by atoms with van der Waals surface area (Å²) in [7, 11) is 0. The standard InChI is InChI=1S/C10H13ClN2O3/c1-6(14)5-16-9-3-2-7(11)4-8(9)13-10(12)15/h2-4,6,14H,5H2,1H3,(H3,12,13,15)/t6-/m0/s1. The number of aliphatic hydroxyl groups is 1. The van der Waals surface area contributed by atoms with E-state index in [1.165, 1.54) is 6.07 Å². The number of halogens is 1. The molecule has 0 saturated carbocycles. The Hall–Kier alpha value is -1.46. The van der Waals surface area contributed by atoms with Crippen molar-refractivity contribution in [3.63, 3.8) is 0 Å². The minimum absolute atomic E-state index is 0.120. The number of hydrogen-bond acceptors (Lipinski definition) is 3. The van der Waals surface area contributed by atoms with Crippen LogP contribution in [0.2, 0.25) is 5.02 Å². The van der Waals surface area contributed by atoms with Crippen LogP contribution in [0.15, 0.2) is 18.2 Å². The zero-order chi connectivity index (χ0) is 12.1. The monoisotopic (exact) mass is 244 g/mol. The van der Waals surface area contributed by atoms with Crippen LogP contribution in [0, 0.1) is 0 Å². The van der Waals surface area contributed by atoms with E-state index in [1.54, 1.807) is 19.1 Å². The molecule has 1 atom stereocenters. The van der Waals surface area contributed by atoms with E-state index in [2.05, 4.69) is 5.32 Å². The van der Waals surface area contributed by atoms with Gasteiger partial charge in [-0.3, -0.25) is 0 Å². The number of carbonyl (C=O) groups excluding carboxylic acids is 1. The predicted octanol–water partition coefficient (Wildman–Crippen LogP) is 1.59. The Bertz CT molecular complexity index is 382. The number of rotatable bonds is 4. The van der Waals surface area contributed by atoms with E-state index in [0.717, 1.165) is 0 Å². The Balaban J connectivity index is 2.84. The van der Waals surface area contributed by atoms with Crippen LogP contribution in [0.1, 0.15) is 6.92 Å². The van der Waals surface area contributed by atoms with E-state index in [1.807, 2.05) is 0 Å². The number of ether oxygens (including phenoxy) is 1. The van der Waals surface area contributed by atoms with Crippen LogP contribution >= 0.6 is 11.6 Å². The molecule has 0 saturated heterocycles. The first kappa shape index (κ1) is 12.6. The highest BCUT2D eigenvalue weighted by molar-refractivity contribution is 6.31. The second-order valence-corrected chi connectivity index (χ2v) is 3.73. The van der Waals surface area contributed by atoms with Gasteiger partial charge in [-0.1, -0.05) is 11.6 Å². The molecule has 0 bridgehead atoms. The summed E-state index contributed by atoms with van der Waals surface area (Å²) in [5, 5.41) is 11.9. The van der Waals surface area contributed by atoms with Gasteiger partial charge in [-0.2, -0.15) is 0 Å². The third-order valence-corrected chi connectivity index (χ3v) is 1.91. The maximum Gasteiger partial charge on any atom is 0.316 e. The highest BCUT2D eigenvalue weighted by atomic mass is 35.5. The van der Waals surface area contributed by atoms with E-state index in [0.29, 0.717) is 16.5 Å². The fourth-order valence-electron chi connectivity index (χ4n) is 1.07. The smallest absolute Gasteiger partial charge is 0.316 e. The largest absolute Gasteiger partial charge is 0.489 e. The summed E-state index contributed by atoms with van der Waals surface area (Å²) >= 11 is 5.77. The van der Waals surface area contributed by atoms with E-state index >= 15 is 0 Å². The van der Waals surface area contributed by atoms with E-state index < -0.39 is 12.1 Å². The first-order valence-electron chi connectivity index (χ1n) is 4.66. The maximum absolute atomic E-state index is 10.7. The Kier molecular flexibility index (Phi) is 4.39. The summed E-state index contributed by atoms with van der Waals surface area (Å²) in [6.45, 7) is 1.71. The van der Waals surface area contributed by atoms with Crippen LogP contribution in [-0.2, 0) is 0 Å². The highest BCUT2D eigenvalue weighted by Crippen LogP contribution is 2.27. The number of amides is 2. The van der Waals surface area contributed by atoms with Crippen LogP contribution < -0.4 is 15.8 Å². The summed E-state index contributed by atoms with van der Waals surface area (Å²) < 4.78 is 5.28. The molecule has 0 aromatic heterocycles. The quantitative estimate of drug-likeness (QED) is 0.752. The van der Waals surface area contributed by atoms with Crippen LogP contribution in [-0.4, -0.2) is 23.8 Å². The summed E-state index contributed by atoms with van der Waals surface area (Å²) in [6.07, 6.45) is -0.600. The lowest BCUT2D eigenvalue weighted by atomic mass is 10.3. The summed E-state index contributed by atoms with van der Waals surface area (Å²) in [4.78, 5) is 10.7. The molecule has 2 amide bonds. The van der Waals surface area contributed by atoms with Crippen LogP contribution in [0.4, 0.5) is 10.5 Å². The zero-order valence-electron chi connectivity index (χ0n) is 8.74. The molecule has 5 nitrogen and oxygen atoms in total. The molecule has 6 heteroatoms. The van der Waals surface area contributed by atoms with Crippen LogP contribution in [0.25, 0.3) is 0 Å². The van der Waals surface area contributed by atoms with E-state index in [9.17, 15) is 4.79 Å². The Labute approximate surface area is 98.2 Å². The summed E-state index contributed by atoms with van der Waals surface area (Å²) in [5.41, 5.74) is 5.38. The van der Waals surface area contributed by atoms with Crippen molar-refractivity contribution in [3.05, 3.63) is 23.2 Å².